The van der Waals surface area contributed by atoms with E-state index in [0.29, 0.717) is 34.6 Å². The Hall–Kier alpha value is -14.2. The number of aliphatic hydroxyl groups is 3. The number of carbonyl (C=O) groups is 14. The molecule has 7 aromatic carbocycles. The molecule has 0 fully saturated rings. The molecule has 706 valence electrons. The quantitative estimate of drug-likeness (QED) is 0.00388. The van der Waals surface area contributed by atoms with Gasteiger partial charge in [-0.2, -0.15) is 0 Å². The molecule has 9 aromatic rings. The molecular weight excluding hydrogens is 1940 g/mol. The first-order valence-corrected chi connectivity index (χ1v) is 39.2. The standard InChI is InChI=1S/C22H14Cl2O10.C15H13ClO7.C10H7ClO5.C10H5ClO5.C7H5ClO3.C7H6O3.C5H8O3.C3H4O4.C2H6O2.CH2Cl2/c23-13-5-9-3-11(21(29)33-17(9)7-15(13)25)19(27)31-1-2-32-20(28)12-4-10-6-14(24)16(26)8-18(10)34-22(12)30;1-2-13(18)21-3-4-22-14(19)9-5-8-6-10(16)11(17)7-12(8)23-15(9)20;2*11-6-2-4-1-5(9(13)14)10(15)16-8(4)3-7(6)12;8-5-1-4(3-9)6(10)2-7(5)11;8-4-5-1-2-6(9)3-7(5)10;1-2-5(7)8-4-3-6;4-2(5)1-3(6)7;3-1-2-4;2-1-3/h3,5-8,12,25-26H,1-2,4H2;2,6-7,9,17H,1,3-5H2;2-3,5,12H,1H2,(H,13,14);1-3,12H,(H,13,14);1-3,10-11H;1-4,9-10H;2,6H,1,3-4H2;1H2,(H,4,5)(H,6,7);3-4H,1-2H2;1H2. The number of alkyl halides is 2. The summed E-state index contributed by atoms with van der Waals surface area (Å²) >= 11 is 43.7. The first-order valence-electron chi connectivity index (χ1n) is 35.9. The Morgan fingerprint density at radius 1 is 0.394 bits per heavy atom. The van der Waals surface area contributed by atoms with E-state index in [0.717, 1.165) is 42.5 Å². The number of halogens is 8. The maximum Gasteiger partial charge on any atom is 0.351 e. The van der Waals surface area contributed by atoms with E-state index in [2.05, 4.69) is 22.6 Å². The summed E-state index contributed by atoms with van der Waals surface area (Å²) in [6, 6.07) is 21.1. The highest BCUT2D eigenvalue weighted by molar-refractivity contribution is 6.40. The van der Waals surface area contributed by atoms with Crippen LogP contribution in [0, 0.1) is 17.8 Å². The zero-order valence-electron chi connectivity index (χ0n) is 66.8. The number of aliphatic carboxylic acids is 3. The molecule has 3 unspecified atom stereocenters. The number of aliphatic hydroxyl groups excluding tert-OH is 3. The summed E-state index contributed by atoms with van der Waals surface area (Å²) in [7, 11) is 0. The maximum atomic E-state index is 12.3. The highest BCUT2D eigenvalue weighted by Crippen LogP contribution is 2.40. The molecule has 50 heteroatoms. The summed E-state index contributed by atoms with van der Waals surface area (Å²) in [5, 5.41) is 140. The van der Waals surface area contributed by atoms with Crippen LogP contribution in [0.4, 0.5) is 0 Å². The topological polar surface area (TPSA) is 697 Å². The molecule has 3 aliphatic rings. The molecule has 0 spiro atoms. The molecule has 16 N–H and O–H groups in total. The molecule has 0 saturated heterocycles. The molecule has 0 radical (unpaired) electrons. The van der Waals surface area contributed by atoms with Crippen LogP contribution in [0.3, 0.4) is 0 Å². The summed E-state index contributed by atoms with van der Waals surface area (Å²) in [6.45, 7) is 4.90. The number of fused-ring (bicyclic) bond motifs is 5. The van der Waals surface area contributed by atoms with Crippen molar-refractivity contribution >= 4 is 199 Å². The number of carboxylic acid groups (broad SMARTS) is 4. The molecule has 0 saturated carbocycles. The van der Waals surface area contributed by atoms with Crippen molar-refractivity contribution in [3.05, 3.63) is 218 Å². The molecule has 12 rings (SSSR count). The molecule has 2 aromatic heterocycles. The minimum absolute atomic E-state index is 0.00415. The Balaban J connectivity index is 0.000000404. The van der Waals surface area contributed by atoms with E-state index < -0.39 is 131 Å². The minimum Gasteiger partial charge on any atom is -0.508 e. The second-order valence-electron chi connectivity index (χ2n) is 24.8. The van der Waals surface area contributed by atoms with Crippen LogP contribution in [0.15, 0.2) is 147 Å². The fraction of sp³-hybridized carbons (Fsp3) is 0.195. The lowest BCUT2D eigenvalue weighted by Gasteiger charge is -2.22. The van der Waals surface area contributed by atoms with E-state index in [1.165, 1.54) is 72.8 Å². The van der Waals surface area contributed by atoms with Crippen LogP contribution in [0.25, 0.3) is 21.9 Å². The van der Waals surface area contributed by atoms with Gasteiger partial charge in [0.25, 0.3) is 0 Å². The van der Waals surface area contributed by atoms with Gasteiger partial charge in [-0.15, -0.1) is 23.2 Å². The monoisotopic (exact) mass is 2010 g/mol. The third-order valence-electron chi connectivity index (χ3n) is 15.6. The number of esters is 8. The van der Waals surface area contributed by atoms with Crippen molar-refractivity contribution < 1.29 is 196 Å². The van der Waals surface area contributed by atoms with Crippen LogP contribution < -0.4 is 25.5 Å². The predicted molar refractivity (Wildman–Crippen MR) is 458 cm³/mol. The van der Waals surface area contributed by atoms with Gasteiger partial charge >= 0.3 is 82.9 Å². The number of carbonyl (C=O) groups excluding carboxylic acids is 10. The number of aromatic hydroxyl groups is 9. The van der Waals surface area contributed by atoms with Gasteiger partial charge in [0.15, 0.2) is 30.3 Å². The Bertz CT molecular complexity index is 5880. The largest absolute Gasteiger partial charge is 0.508 e. The van der Waals surface area contributed by atoms with Crippen molar-refractivity contribution in [1.29, 1.82) is 0 Å². The molecule has 0 amide bonds. The molecular formula is C82H70Cl8O42. The molecule has 3 aliphatic heterocycles. The van der Waals surface area contributed by atoms with Gasteiger partial charge < -0.3 is 128 Å². The lowest BCUT2D eigenvalue weighted by Crippen LogP contribution is -2.35. The van der Waals surface area contributed by atoms with Crippen molar-refractivity contribution in [2.45, 2.75) is 25.7 Å². The number of carboxylic acids is 4. The Labute approximate surface area is 778 Å². The normalized spacial score (nSPS) is 13.0. The molecule has 132 heavy (non-hydrogen) atoms. The molecule has 5 heterocycles. The number of hydrogen-bond donors (Lipinski definition) is 16. The number of hydrogen-bond acceptors (Lipinski definition) is 38. The number of aromatic carboxylic acids is 1. The number of aldehydes is 2. The van der Waals surface area contributed by atoms with Crippen molar-refractivity contribution in [1.82, 2.24) is 0 Å². The molecule has 0 bridgehead atoms. The summed E-state index contributed by atoms with van der Waals surface area (Å²) in [5.41, 5.74) is -1.08. The first-order chi connectivity index (χ1) is 62.2. The van der Waals surface area contributed by atoms with Gasteiger partial charge in [0.2, 0.25) is 0 Å². The molecule has 42 nitrogen and oxygen atoms in total. The number of benzene rings is 7. The lowest BCUT2D eigenvalue weighted by atomic mass is 9.96. The average Bonchev–Trinajstić information content (AvgIpc) is 0.856. The van der Waals surface area contributed by atoms with E-state index in [-0.39, 0.29) is 191 Å². The first kappa shape index (κ1) is 112. The Kier molecular flexibility index (Phi) is 47.2. The lowest BCUT2D eigenvalue weighted by molar-refractivity contribution is -0.161. The SMILES string of the molecule is C=CC(=O)OCCO.C=CC(=O)OCCOC(=O)C1Cc2cc(Cl)c(O)cc2OC1=O.ClCCl.O=C(O)C1Cc2cc(Cl)c(O)cc2OC1=O.O=C(O)CC(=O)O.O=C(O)c1cc2cc(Cl)c(O)cc2oc1=O.O=C(OCCOC(=O)C1Cc2cc(Cl)c(O)cc2OC1=O)c1cc2cc(Cl)c(O)cc2oc1=O.O=Cc1cc(Cl)c(O)cc1O.O=Cc1ccc(O)cc1O.OCCO. The fourth-order valence-electron chi connectivity index (χ4n) is 9.58. The van der Waals surface area contributed by atoms with Gasteiger partial charge in [-0.25, -0.2) is 28.8 Å². The second-order valence-corrected chi connectivity index (χ2v) is 28.0. The zero-order valence-corrected chi connectivity index (χ0v) is 72.8. The van der Waals surface area contributed by atoms with E-state index in [1.54, 1.807) is 0 Å². The van der Waals surface area contributed by atoms with Crippen LogP contribution in [0.5, 0.6) is 69.0 Å². The van der Waals surface area contributed by atoms with Gasteiger partial charge in [-0.05, 0) is 77.4 Å². The van der Waals surface area contributed by atoms with Gasteiger partial charge in [0, 0.05) is 84.7 Å². The van der Waals surface area contributed by atoms with Gasteiger partial charge in [-0.3, -0.25) is 47.9 Å². The van der Waals surface area contributed by atoms with Gasteiger partial charge in [0.1, 0.15) is 131 Å². The highest BCUT2D eigenvalue weighted by atomic mass is 35.5. The summed E-state index contributed by atoms with van der Waals surface area (Å²) in [6.07, 6.45) is 2.22. The van der Waals surface area contributed by atoms with E-state index in [9.17, 15) is 102 Å². The summed E-state index contributed by atoms with van der Waals surface area (Å²) < 4.78 is 48.4. The average molecular weight is 2010 g/mol. The maximum absolute atomic E-state index is 12.3. The number of phenolic OH excluding ortho intramolecular Hbond substituents is 9. The summed E-state index contributed by atoms with van der Waals surface area (Å²) in [4.78, 5) is 176. The third kappa shape index (κ3) is 36.0. The van der Waals surface area contributed by atoms with Crippen LogP contribution in [-0.4, -0.2) is 224 Å². The van der Waals surface area contributed by atoms with Crippen molar-refractivity contribution in [3.8, 4) is 69.0 Å². The van der Waals surface area contributed by atoms with Gasteiger partial charge in [0.05, 0.1) is 66.4 Å². The predicted octanol–water partition coefficient (Wildman–Crippen LogP) is 9.56. The third-order valence-corrected chi connectivity index (χ3v) is 17.5. The molecule has 3 atom stereocenters. The number of phenols is 9. The van der Waals surface area contributed by atoms with Crippen LogP contribution in [-0.2, 0) is 90.9 Å². The molecule has 0 aliphatic carbocycles. The van der Waals surface area contributed by atoms with Crippen molar-refractivity contribution in [2.75, 3.05) is 58.2 Å². The second kappa shape index (κ2) is 55.6. The van der Waals surface area contributed by atoms with Crippen LogP contribution in [0.2, 0.25) is 30.1 Å². The van der Waals surface area contributed by atoms with E-state index >= 15 is 0 Å². The van der Waals surface area contributed by atoms with Crippen LogP contribution >= 0.6 is 92.8 Å². The number of ether oxygens (including phenoxy) is 8. The minimum atomic E-state index is -1.38. The summed E-state index contributed by atoms with van der Waals surface area (Å²) in [5.74, 6) is -16.8. The highest BCUT2D eigenvalue weighted by Gasteiger charge is 2.39. The smallest absolute Gasteiger partial charge is 0.351 e. The van der Waals surface area contributed by atoms with Gasteiger partial charge in [-0.1, -0.05) is 82.8 Å². The van der Waals surface area contributed by atoms with E-state index in [1.807, 2.05) is 0 Å². The Morgan fingerprint density at radius 3 is 1.10 bits per heavy atom. The van der Waals surface area contributed by atoms with Crippen LogP contribution in [0.1, 0.15) is 64.5 Å². The number of rotatable bonds is 20. The van der Waals surface area contributed by atoms with E-state index in [4.69, 9.17) is 186 Å². The fourth-order valence-corrected chi connectivity index (χ4v) is 10.7. The zero-order chi connectivity index (χ0) is 99.7. The van der Waals surface area contributed by atoms with Crippen molar-refractivity contribution in [3.63, 3.8) is 0 Å². The Morgan fingerprint density at radius 2 is 0.735 bits per heavy atom. The van der Waals surface area contributed by atoms with Crippen molar-refractivity contribution in [2.24, 2.45) is 17.8 Å².